The van der Waals surface area contributed by atoms with Crippen LogP contribution in [-0.4, -0.2) is 75.5 Å². The third-order valence-electron chi connectivity index (χ3n) is 28.6. The molecule has 12 aromatic heterocycles. The molecule has 0 spiro atoms. The Kier molecular flexibility index (Phi) is 18.9. The monoisotopic (exact) mass is 1850 g/mol. The molecular formula is C129H82N16. The summed E-state index contributed by atoms with van der Waals surface area (Å²) in [6, 6.07) is 175. The molecule has 0 bridgehead atoms. The van der Waals surface area contributed by atoms with E-state index in [2.05, 4.69) is 453 Å². The van der Waals surface area contributed by atoms with Gasteiger partial charge in [-0.25, -0.2) is 24.9 Å². The summed E-state index contributed by atoms with van der Waals surface area (Å²) in [6.07, 6.45) is 0. The molecule has 145 heavy (non-hydrogen) atoms. The zero-order chi connectivity index (χ0) is 95.3. The average Bonchev–Trinajstić information content (AvgIpc) is 1.55. The van der Waals surface area contributed by atoms with Gasteiger partial charge in [0, 0.05) is 98.7 Å². The number of benzene rings is 19. The van der Waals surface area contributed by atoms with Crippen LogP contribution in [0, 0.1) is 0 Å². The van der Waals surface area contributed by atoms with Gasteiger partial charge in [0.05, 0.1) is 105 Å². The molecule has 31 aromatic rings. The maximum atomic E-state index is 5.37. The highest BCUT2D eigenvalue weighted by Gasteiger charge is 2.28. The summed E-state index contributed by atoms with van der Waals surface area (Å²) in [4.78, 5) is 36.2. The first-order valence-electron chi connectivity index (χ1n) is 48.8. The molecule has 12 heterocycles. The maximum absolute atomic E-state index is 5.37. The largest absolute Gasteiger partial charge is 0.309 e. The van der Waals surface area contributed by atoms with E-state index >= 15 is 0 Å². The molecular weight excluding hydrogens is 1770 g/mol. The zero-order valence-corrected chi connectivity index (χ0v) is 78.0. The number of para-hydroxylation sites is 10. The van der Waals surface area contributed by atoms with Crippen LogP contribution in [0.25, 0.3) is 262 Å². The van der Waals surface area contributed by atoms with Crippen LogP contribution in [0.2, 0.25) is 0 Å². The minimum Gasteiger partial charge on any atom is -0.309 e. The number of hydrogen-bond acceptors (Lipinski definition) is 7. The van der Waals surface area contributed by atoms with Crippen LogP contribution in [0.4, 0.5) is 0 Å². The van der Waals surface area contributed by atoms with Crippen LogP contribution in [0.5, 0.6) is 0 Å². The van der Waals surface area contributed by atoms with Gasteiger partial charge in [-0.2, -0.15) is 9.97 Å². The van der Waals surface area contributed by atoms with Gasteiger partial charge in [-0.15, -0.1) is 0 Å². The maximum Gasteiger partial charge on any atom is 0.240 e. The van der Waals surface area contributed by atoms with Crippen molar-refractivity contribution in [2.45, 2.75) is 0 Å². The predicted octanol–water partition coefficient (Wildman–Crippen LogP) is 31.3. The first kappa shape index (κ1) is 82.1. The topological polar surface area (TPSA) is 133 Å². The zero-order valence-electron chi connectivity index (χ0n) is 78.0. The fourth-order valence-corrected chi connectivity index (χ4v) is 22.1. The molecule has 19 aromatic carbocycles. The van der Waals surface area contributed by atoms with Gasteiger partial charge in [-0.05, 0) is 151 Å². The standard InChI is InChI=1S/C46H29N5.C42H27N5.C41H26N6/c1-2-12-30(13-3-1)31-22-24-32(25-23-31)45-37-17-5-8-18-38(37)47-46(48-45)51-42-27-26-34(29-43(42)50-39-19-9-4-14-33(39)28-44(50)51)49-40-20-10-6-15-35(40)36-16-7-11-21-41(36)49;1-3-13-28(14-4-1)34-27-35(29-15-5-2-6-16-29)44-42(43-34)47-39-24-23-31(26-40(39)46-36-20-10-7-17-30(36)25-41(46)47)45-37-21-11-8-18-32(37)33-19-9-12-22-38(33)45;1-3-13-27(14-4-1)39-42-40(28-15-5-2-6-16-28)44-41(43-39)47-36-24-23-30(26-37(36)46-33-20-10-7-17-29(33)25-38(46)47)45-34-21-11-8-18-31(34)32-19-9-12-22-35(32)45/h1-29H;1-27H;1-26H. The van der Waals surface area contributed by atoms with Crippen molar-refractivity contribution >= 4 is 159 Å². The van der Waals surface area contributed by atoms with Crippen LogP contribution in [0.3, 0.4) is 0 Å². The number of imidazole rings is 3. The van der Waals surface area contributed by atoms with Crippen molar-refractivity contribution in [2.75, 3.05) is 0 Å². The molecule has 0 saturated carbocycles. The Balaban J connectivity index is 0.000000103. The number of nitrogens with zero attached hydrogens (tertiary/aromatic N) is 16. The lowest BCUT2D eigenvalue weighted by atomic mass is 10.0. The highest BCUT2D eigenvalue weighted by Crippen LogP contribution is 2.44. The van der Waals surface area contributed by atoms with Crippen LogP contribution < -0.4 is 0 Å². The van der Waals surface area contributed by atoms with Crippen molar-refractivity contribution in [1.29, 1.82) is 0 Å². The summed E-state index contributed by atoms with van der Waals surface area (Å²) in [7, 11) is 0. The van der Waals surface area contributed by atoms with Gasteiger partial charge in [0.15, 0.2) is 11.6 Å². The molecule has 0 atom stereocenters. The highest BCUT2D eigenvalue weighted by atomic mass is 15.3. The van der Waals surface area contributed by atoms with E-state index in [-0.39, 0.29) is 0 Å². The third kappa shape index (κ3) is 13.4. The van der Waals surface area contributed by atoms with E-state index < -0.39 is 0 Å². The molecule has 0 unspecified atom stereocenters. The first-order chi connectivity index (χ1) is 71.9. The second-order valence-electron chi connectivity index (χ2n) is 36.8. The Morgan fingerprint density at radius 1 is 0.145 bits per heavy atom. The molecule has 31 rings (SSSR count). The molecule has 678 valence electrons. The van der Waals surface area contributed by atoms with Gasteiger partial charge in [-0.3, -0.25) is 26.9 Å². The fraction of sp³-hybridized carbons (Fsp3) is 0. The van der Waals surface area contributed by atoms with E-state index in [0.29, 0.717) is 29.5 Å². The van der Waals surface area contributed by atoms with E-state index in [1.54, 1.807) is 0 Å². The van der Waals surface area contributed by atoms with Crippen molar-refractivity contribution < 1.29 is 0 Å². The van der Waals surface area contributed by atoms with E-state index in [0.717, 1.165) is 145 Å². The second kappa shape index (κ2) is 33.4. The van der Waals surface area contributed by atoms with Gasteiger partial charge in [-0.1, -0.05) is 358 Å². The van der Waals surface area contributed by atoms with Crippen LogP contribution >= 0.6 is 0 Å². The molecule has 16 nitrogen and oxygen atoms in total. The molecule has 16 heteroatoms. The van der Waals surface area contributed by atoms with Gasteiger partial charge in [0.2, 0.25) is 17.8 Å². The predicted molar refractivity (Wildman–Crippen MR) is 593 cm³/mol. The summed E-state index contributed by atoms with van der Waals surface area (Å²) in [5, 5.41) is 12.0. The van der Waals surface area contributed by atoms with Crippen LogP contribution in [0.15, 0.2) is 497 Å². The molecule has 0 radical (unpaired) electrons. The smallest absolute Gasteiger partial charge is 0.240 e. The quantitative estimate of drug-likeness (QED) is 0.119. The summed E-state index contributed by atoms with van der Waals surface area (Å²) < 4.78 is 20.8. The Hall–Kier alpha value is -20.0. The van der Waals surface area contributed by atoms with E-state index in [9.17, 15) is 0 Å². The van der Waals surface area contributed by atoms with E-state index in [4.69, 9.17) is 34.9 Å². The molecule has 0 aliphatic carbocycles. The first-order valence-corrected chi connectivity index (χ1v) is 48.8. The molecule has 0 saturated heterocycles. The molecule has 0 N–H and O–H groups in total. The lowest BCUT2D eigenvalue weighted by molar-refractivity contribution is 0.947. The lowest BCUT2D eigenvalue weighted by Crippen LogP contribution is -2.06. The average molecular weight is 1860 g/mol. The number of aromatic nitrogens is 16. The van der Waals surface area contributed by atoms with Gasteiger partial charge in [0.25, 0.3) is 0 Å². The summed E-state index contributed by atoms with van der Waals surface area (Å²) in [6.45, 7) is 0. The minimum atomic E-state index is 0.574. The van der Waals surface area contributed by atoms with Crippen molar-refractivity contribution in [1.82, 2.24) is 75.5 Å². The van der Waals surface area contributed by atoms with E-state index in [1.807, 2.05) is 84.9 Å². The summed E-state index contributed by atoms with van der Waals surface area (Å²) >= 11 is 0. The molecule has 0 fully saturated rings. The normalized spacial score (nSPS) is 11.9. The second-order valence-corrected chi connectivity index (χ2v) is 36.8. The highest BCUT2D eigenvalue weighted by molar-refractivity contribution is 6.13. The minimum absolute atomic E-state index is 0.574. The van der Waals surface area contributed by atoms with Gasteiger partial charge >= 0.3 is 0 Å². The van der Waals surface area contributed by atoms with Crippen LogP contribution in [-0.2, 0) is 0 Å². The Labute approximate surface area is 829 Å². The molecule has 0 aliphatic heterocycles. The number of rotatable bonds is 12. The lowest BCUT2D eigenvalue weighted by Gasteiger charge is -2.12. The molecule has 0 aliphatic rings. The Morgan fingerprint density at radius 3 is 0.766 bits per heavy atom. The van der Waals surface area contributed by atoms with Crippen molar-refractivity contribution in [2.24, 2.45) is 0 Å². The van der Waals surface area contributed by atoms with Crippen molar-refractivity contribution in [3.05, 3.63) is 497 Å². The Bertz CT molecular complexity index is 9940. The Morgan fingerprint density at radius 2 is 0.414 bits per heavy atom. The summed E-state index contributed by atoms with van der Waals surface area (Å²) in [5.41, 5.74) is 34.2. The van der Waals surface area contributed by atoms with E-state index in [1.165, 1.54) is 87.3 Å². The number of hydrogen-bond donors (Lipinski definition) is 0. The van der Waals surface area contributed by atoms with Crippen molar-refractivity contribution in [3.63, 3.8) is 0 Å². The third-order valence-corrected chi connectivity index (χ3v) is 28.6. The number of fused-ring (bicyclic) bond motifs is 25. The van der Waals surface area contributed by atoms with Gasteiger partial charge in [0.1, 0.15) is 16.9 Å². The van der Waals surface area contributed by atoms with Gasteiger partial charge < -0.3 is 13.7 Å². The fourth-order valence-electron chi connectivity index (χ4n) is 22.1. The summed E-state index contributed by atoms with van der Waals surface area (Å²) in [5.74, 6) is 3.12. The molecule has 0 amide bonds. The SMILES string of the molecule is c1ccc(-c2cc(-c3ccccc3)nc(-n3c4ccc(-n5c6ccccc6c6ccccc65)cc4n4c5ccccc5cc34)n2)cc1.c1ccc(-c2ccc(-c3nc(-n4c5ccc(-n6c7ccccc7c7ccccc76)cc5n5c6ccccc6cc45)nc4ccccc34)cc2)cc1.c1ccc(-c2nc(-c3ccccc3)nc(-n3c4ccc(-n5c6ccccc6c6ccccc65)cc4n4c5ccccc5cc34)n2)cc1. The van der Waals surface area contributed by atoms with Crippen molar-refractivity contribution in [3.8, 4) is 103 Å². The van der Waals surface area contributed by atoms with Crippen LogP contribution in [0.1, 0.15) is 0 Å².